The highest BCUT2D eigenvalue weighted by molar-refractivity contribution is 5.84. The van der Waals surface area contributed by atoms with Gasteiger partial charge in [-0.3, -0.25) is 9.59 Å². The molecule has 0 fully saturated rings. The third-order valence-corrected chi connectivity index (χ3v) is 2.73. The van der Waals surface area contributed by atoms with Crippen LogP contribution in [0, 0.1) is 0 Å². The van der Waals surface area contributed by atoms with Gasteiger partial charge in [0.05, 0.1) is 6.54 Å². The number of amides is 2. The van der Waals surface area contributed by atoms with Gasteiger partial charge in [-0.1, -0.05) is 37.3 Å². The molecule has 0 radical (unpaired) electrons. The number of aryl methyl sites for hydroxylation is 1. The molecule has 0 bridgehead atoms. The van der Waals surface area contributed by atoms with Crippen LogP contribution < -0.4 is 10.6 Å². The average Bonchev–Trinajstić information content (AvgIpc) is 2.43. The summed E-state index contributed by atoms with van der Waals surface area (Å²) in [6.45, 7) is 2.64. The first-order chi connectivity index (χ1) is 9.22. The number of rotatable bonds is 8. The zero-order valence-electron chi connectivity index (χ0n) is 11.4. The fraction of sp³-hybridized carbons (Fsp3) is 0.467. The van der Waals surface area contributed by atoms with Crippen molar-refractivity contribution in [1.82, 2.24) is 10.6 Å². The SMILES string of the molecule is CCCC(=O)NCC(=O)NCCCc1ccccc1. The largest absolute Gasteiger partial charge is 0.355 e. The van der Waals surface area contributed by atoms with Crippen molar-refractivity contribution in [3.8, 4) is 0 Å². The van der Waals surface area contributed by atoms with Crippen LogP contribution >= 0.6 is 0 Å². The molecule has 4 heteroatoms. The molecule has 2 N–H and O–H groups in total. The monoisotopic (exact) mass is 262 g/mol. The van der Waals surface area contributed by atoms with Gasteiger partial charge in [0.1, 0.15) is 0 Å². The predicted octanol–water partition coefficient (Wildman–Crippen LogP) is 1.65. The number of benzene rings is 1. The molecule has 0 aliphatic heterocycles. The molecule has 0 aliphatic carbocycles. The molecule has 19 heavy (non-hydrogen) atoms. The van der Waals surface area contributed by atoms with Gasteiger partial charge in [-0.25, -0.2) is 0 Å². The van der Waals surface area contributed by atoms with Gasteiger partial charge in [0.2, 0.25) is 11.8 Å². The molecule has 0 aromatic heterocycles. The number of hydrogen-bond acceptors (Lipinski definition) is 2. The van der Waals surface area contributed by atoms with E-state index in [0.29, 0.717) is 13.0 Å². The van der Waals surface area contributed by atoms with Crippen molar-refractivity contribution in [2.75, 3.05) is 13.1 Å². The molecular formula is C15H22N2O2. The van der Waals surface area contributed by atoms with Crippen molar-refractivity contribution in [1.29, 1.82) is 0 Å². The smallest absolute Gasteiger partial charge is 0.239 e. The van der Waals surface area contributed by atoms with Crippen LogP contribution in [0.1, 0.15) is 31.7 Å². The van der Waals surface area contributed by atoms with E-state index in [2.05, 4.69) is 22.8 Å². The van der Waals surface area contributed by atoms with Crippen molar-refractivity contribution in [3.05, 3.63) is 35.9 Å². The maximum Gasteiger partial charge on any atom is 0.239 e. The fourth-order valence-corrected chi connectivity index (χ4v) is 1.72. The van der Waals surface area contributed by atoms with Crippen LogP contribution in [0.2, 0.25) is 0 Å². The summed E-state index contributed by atoms with van der Waals surface area (Å²) in [4.78, 5) is 22.6. The molecule has 4 nitrogen and oxygen atoms in total. The van der Waals surface area contributed by atoms with Crippen LogP contribution in [-0.4, -0.2) is 24.9 Å². The standard InChI is InChI=1S/C15H22N2O2/c1-2-7-14(18)17-12-15(19)16-11-6-10-13-8-4-3-5-9-13/h3-5,8-9H,2,6-7,10-12H2,1H3,(H,16,19)(H,17,18). The summed E-state index contributed by atoms with van der Waals surface area (Å²) in [7, 11) is 0. The second-order valence-electron chi connectivity index (χ2n) is 4.47. The molecule has 0 heterocycles. The first-order valence-electron chi connectivity index (χ1n) is 6.79. The average molecular weight is 262 g/mol. The molecule has 1 rings (SSSR count). The molecule has 1 aromatic carbocycles. The van der Waals surface area contributed by atoms with Crippen molar-refractivity contribution >= 4 is 11.8 Å². The summed E-state index contributed by atoms with van der Waals surface area (Å²) in [6, 6.07) is 10.2. The molecule has 0 atom stereocenters. The highest BCUT2D eigenvalue weighted by atomic mass is 16.2. The van der Waals surface area contributed by atoms with E-state index >= 15 is 0 Å². The van der Waals surface area contributed by atoms with Crippen molar-refractivity contribution in [2.24, 2.45) is 0 Å². The van der Waals surface area contributed by atoms with Crippen LogP contribution in [0.4, 0.5) is 0 Å². The second kappa shape index (κ2) is 9.14. The Kier molecular flexibility index (Phi) is 7.32. The van der Waals surface area contributed by atoms with Crippen molar-refractivity contribution < 1.29 is 9.59 Å². The van der Waals surface area contributed by atoms with Gasteiger partial charge in [-0.2, -0.15) is 0 Å². The molecule has 0 saturated carbocycles. The van der Waals surface area contributed by atoms with Gasteiger partial charge >= 0.3 is 0 Å². The molecule has 2 amide bonds. The third kappa shape index (κ3) is 7.24. The Labute approximate surface area is 114 Å². The van der Waals surface area contributed by atoms with Crippen LogP contribution in [0.15, 0.2) is 30.3 Å². The summed E-state index contributed by atoms with van der Waals surface area (Å²) in [6.07, 6.45) is 3.12. The Morgan fingerprint density at radius 1 is 1.05 bits per heavy atom. The van der Waals surface area contributed by atoms with E-state index in [-0.39, 0.29) is 18.4 Å². The van der Waals surface area contributed by atoms with E-state index in [0.717, 1.165) is 19.3 Å². The Bertz CT molecular complexity index is 390. The lowest BCUT2D eigenvalue weighted by Crippen LogP contribution is -2.37. The van der Waals surface area contributed by atoms with E-state index in [9.17, 15) is 9.59 Å². The second-order valence-corrected chi connectivity index (χ2v) is 4.47. The Balaban J connectivity index is 2.06. The van der Waals surface area contributed by atoms with Crippen LogP contribution in [-0.2, 0) is 16.0 Å². The van der Waals surface area contributed by atoms with E-state index in [1.807, 2.05) is 25.1 Å². The number of carbonyl (C=O) groups is 2. The van der Waals surface area contributed by atoms with E-state index < -0.39 is 0 Å². The minimum Gasteiger partial charge on any atom is -0.355 e. The first-order valence-corrected chi connectivity index (χ1v) is 6.79. The van der Waals surface area contributed by atoms with Gasteiger partial charge in [0, 0.05) is 13.0 Å². The first kappa shape index (κ1) is 15.2. The summed E-state index contributed by atoms with van der Waals surface area (Å²) >= 11 is 0. The molecule has 0 spiro atoms. The molecule has 0 aliphatic rings. The summed E-state index contributed by atoms with van der Waals surface area (Å²) in [5, 5.41) is 5.39. The summed E-state index contributed by atoms with van der Waals surface area (Å²) < 4.78 is 0. The van der Waals surface area contributed by atoms with Crippen LogP contribution in [0.25, 0.3) is 0 Å². The highest BCUT2D eigenvalue weighted by Gasteiger charge is 2.03. The summed E-state index contributed by atoms with van der Waals surface area (Å²) in [5.74, 6) is -0.195. The Morgan fingerprint density at radius 2 is 1.79 bits per heavy atom. The van der Waals surface area contributed by atoms with Crippen molar-refractivity contribution in [3.63, 3.8) is 0 Å². The maximum absolute atomic E-state index is 11.4. The van der Waals surface area contributed by atoms with Gasteiger partial charge in [-0.05, 0) is 24.8 Å². The topological polar surface area (TPSA) is 58.2 Å². The van der Waals surface area contributed by atoms with Gasteiger partial charge in [-0.15, -0.1) is 0 Å². The molecule has 104 valence electrons. The molecular weight excluding hydrogens is 240 g/mol. The Hall–Kier alpha value is -1.84. The quantitative estimate of drug-likeness (QED) is 0.700. The van der Waals surface area contributed by atoms with E-state index in [1.54, 1.807) is 0 Å². The van der Waals surface area contributed by atoms with E-state index in [1.165, 1.54) is 5.56 Å². The van der Waals surface area contributed by atoms with Crippen LogP contribution in [0.3, 0.4) is 0 Å². The zero-order valence-corrected chi connectivity index (χ0v) is 11.4. The number of nitrogens with one attached hydrogen (secondary N) is 2. The normalized spacial score (nSPS) is 9.95. The van der Waals surface area contributed by atoms with E-state index in [4.69, 9.17) is 0 Å². The molecule has 0 unspecified atom stereocenters. The maximum atomic E-state index is 11.4. The van der Waals surface area contributed by atoms with Gasteiger partial charge < -0.3 is 10.6 Å². The highest BCUT2D eigenvalue weighted by Crippen LogP contribution is 2.01. The lowest BCUT2D eigenvalue weighted by molar-refractivity contribution is -0.126. The lowest BCUT2D eigenvalue weighted by Gasteiger charge is -2.06. The minimum atomic E-state index is -0.127. The van der Waals surface area contributed by atoms with Crippen molar-refractivity contribution in [2.45, 2.75) is 32.6 Å². The van der Waals surface area contributed by atoms with Gasteiger partial charge in [0.25, 0.3) is 0 Å². The lowest BCUT2D eigenvalue weighted by atomic mass is 10.1. The predicted molar refractivity (Wildman–Crippen MR) is 75.7 cm³/mol. The minimum absolute atomic E-state index is 0.0677. The zero-order chi connectivity index (χ0) is 13.9. The molecule has 0 saturated heterocycles. The Morgan fingerprint density at radius 3 is 2.47 bits per heavy atom. The molecule has 1 aromatic rings. The van der Waals surface area contributed by atoms with Gasteiger partial charge in [0.15, 0.2) is 0 Å². The van der Waals surface area contributed by atoms with Crippen LogP contribution in [0.5, 0.6) is 0 Å². The third-order valence-electron chi connectivity index (χ3n) is 2.73. The summed E-state index contributed by atoms with van der Waals surface area (Å²) in [5.41, 5.74) is 1.27. The number of hydrogen-bond donors (Lipinski definition) is 2. The fourth-order valence-electron chi connectivity index (χ4n) is 1.72. The number of carbonyl (C=O) groups excluding carboxylic acids is 2.